The van der Waals surface area contributed by atoms with Crippen LogP contribution >= 0.6 is 0 Å². The predicted molar refractivity (Wildman–Crippen MR) is 118 cm³/mol. The fourth-order valence-corrected chi connectivity index (χ4v) is 3.38. The molecule has 0 unspecified atom stereocenters. The van der Waals surface area contributed by atoms with E-state index in [1.165, 1.54) is 0 Å². The molecule has 3 aromatic rings. The number of anilines is 2. The second-order valence-electron chi connectivity index (χ2n) is 7.33. The van der Waals surface area contributed by atoms with Crippen molar-refractivity contribution < 1.29 is 9.53 Å². The number of methoxy groups -OCH3 is 1. The molecule has 7 heteroatoms. The number of hydrogen-bond donors (Lipinski definition) is 1. The molecule has 0 radical (unpaired) electrons. The number of carbonyl (C=O) groups excluding carboxylic acids is 1. The highest BCUT2D eigenvalue weighted by Crippen LogP contribution is 2.22. The van der Waals surface area contributed by atoms with Gasteiger partial charge in [-0.1, -0.05) is 18.2 Å². The van der Waals surface area contributed by atoms with Crippen molar-refractivity contribution in [2.45, 2.75) is 0 Å². The number of benzene rings is 2. The monoisotopic (exact) mass is 403 g/mol. The summed E-state index contributed by atoms with van der Waals surface area (Å²) in [6.07, 6.45) is 0. The molecule has 1 aromatic heterocycles. The zero-order valence-corrected chi connectivity index (χ0v) is 17.2. The molecule has 0 spiro atoms. The van der Waals surface area contributed by atoms with Crippen LogP contribution in [0.1, 0.15) is 10.4 Å². The SMILES string of the molecule is COc1cccc(C(=O)Nc2ccc(-c3ccc(N4CCN(C)CC4)nn3)cc2)c1. The van der Waals surface area contributed by atoms with E-state index in [1.54, 1.807) is 25.3 Å². The van der Waals surface area contributed by atoms with E-state index < -0.39 is 0 Å². The van der Waals surface area contributed by atoms with E-state index in [4.69, 9.17) is 4.74 Å². The Morgan fingerprint density at radius 2 is 1.73 bits per heavy atom. The van der Waals surface area contributed by atoms with Crippen LogP contribution in [0.4, 0.5) is 11.5 Å². The first-order valence-corrected chi connectivity index (χ1v) is 9.95. The van der Waals surface area contributed by atoms with Crippen molar-refractivity contribution in [3.05, 3.63) is 66.2 Å². The summed E-state index contributed by atoms with van der Waals surface area (Å²) < 4.78 is 5.17. The Kier molecular flexibility index (Phi) is 5.90. The van der Waals surface area contributed by atoms with Crippen LogP contribution in [0.5, 0.6) is 5.75 Å². The first-order valence-electron chi connectivity index (χ1n) is 9.95. The number of amides is 1. The van der Waals surface area contributed by atoms with E-state index in [0.29, 0.717) is 17.0 Å². The number of nitrogens with zero attached hydrogens (tertiary/aromatic N) is 4. The number of carbonyl (C=O) groups is 1. The van der Waals surface area contributed by atoms with E-state index in [0.717, 1.165) is 43.3 Å². The van der Waals surface area contributed by atoms with Crippen LogP contribution < -0.4 is 15.0 Å². The van der Waals surface area contributed by atoms with Gasteiger partial charge in [0.15, 0.2) is 5.82 Å². The van der Waals surface area contributed by atoms with Gasteiger partial charge < -0.3 is 19.9 Å². The van der Waals surface area contributed by atoms with Crippen molar-refractivity contribution in [2.24, 2.45) is 0 Å². The smallest absolute Gasteiger partial charge is 0.255 e. The topological polar surface area (TPSA) is 70.6 Å². The number of ether oxygens (including phenoxy) is 1. The lowest BCUT2D eigenvalue weighted by Gasteiger charge is -2.32. The lowest BCUT2D eigenvalue weighted by Crippen LogP contribution is -2.44. The predicted octanol–water partition coefficient (Wildman–Crippen LogP) is 3.16. The van der Waals surface area contributed by atoms with Crippen molar-refractivity contribution in [1.29, 1.82) is 0 Å². The quantitative estimate of drug-likeness (QED) is 0.706. The molecule has 1 fully saturated rings. The first-order chi connectivity index (χ1) is 14.6. The molecule has 2 aromatic carbocycles. The van der Waals surface area contributed by atoms with Crippen LogP contribution in [-0.2, 0) is 0 Å². The molecule has 30 heavy (non-hydrogen) atoms. The summed E-state index contributed by atoms with van der Waals surface area (Å²) in [7, 11) is 3.71. The van der Waals surface area contributed by atoms with E-state index >= 15 is 0 Å². The highest BCUT2D eigenvalue weighted by Gasteiger charge is 2.15. The van der Waals surface area contributed by atoms with Crippen molar-refractivity contribution in [1.82, 2.24) is 15.1 Å². The second kappa shape index (κ2) is 8.92. The van der Waals surface area contributed by atoms with Gasteiger partial charge in [-0.25, -0.2) is 0 Å². The number of piperazine rings is 1. The molecule has 7 nitrogen and oxygen atoms in total. The van der Waals surface area contributed by atoms with Gasteiger partial charge in [-0.3, -0.25) is 4.79 Å². The first kappa shape index (κ1) is 19.8. The number of hydrogen-bond acceptors (Lipinski definition) is 6. The molecule has 4 rings (SSSR count). The van der Waals surface area contributed by atoms with Crippen molar-refractivity contribution in [2.75, 3.05) is 50.6 Å². The van der Waals surface area contributed by atoms with Crippen LogP contribution in [0.2, 0.25) is 0 Å². The van der Waals surface area contributed by atoms with Crippen LogP contribution in [0.3, 0.4) is 0 Å². The normalized spacial score (nSPS) is 14.4. The molecular weight excluding hydrogens is 378 g/mol. The highest BCUT2D eigenvalue weighted by atomic mass is 16.5. The Hall–Kier alpha value is -3.45. The minimum Gasteiger partial charge on any atom is -0.497 e. The summed E-state index contributed by atoms with van der Waals surface area (Å²) in [5.41, 5.74) is 3.02. The average molecular weight is 403 g/mol. The molecule has 0 bridgehead atoms. The lowest BCUT2D eigenvalue weighted by molar-refractivity contribution is 0.102. The van der Waals surface area contributed by atoms with E-state index in [1.807, 2.05) is 42.5 Å². The van der Waals surface area contributed by atoms with Gasteiger partial charge in [0.05, 0.1) is 12.8 Å². The average Bonchev–Trinajstić information content (AvgIpc) is 2.80. The van der Waals surface area contributed by atoms with Crippen LogP contribution in [0, 0.1) is 0 Å². The standard InChI is InChI=1S/C23H25N5O2/c1-27-12-14-28(15-13-27)22-11-10-21(25-26-22)17-6-8-19(9-7-17)24-23(29)18-4-3-5-20(16-18)30-2/h3-11,16H,12-15H2,1-2H3,(H,24,29). The largest absolute Gasteiger partial charge is 0.497 e. The van der Waals surface area contributed by atoms with E-state index in [-0.39, 0.29) is 5.91 Å². The zero-order chi connectivity index (χ0) is 20.9. The van der Waals surface area contributed by atoms with Gasteiger partial charge in [0.2, 0.25) is 0 Å². The van der Waals surface area contributed by atoms with Gasteiger partial charge in [0.1, 0.15) is 5.75 Å². The minimum atomic E-state index is -0.182. The number of likely N-dealkylation sites (N-methyl/N-ethyl adjacent to an activating group) is 1. The Morgan fingerprint density at radius 3 is 2.40 bits per heavy atom. The summed E-state index contributed by atoms with van der Waals surface area (Å²) in [5.74, 6) is 1.38. The Labute approximate surface area is 176 Å². The molecule has 0 saturated carbocycles. The Balaban J connectivity index is 1.41. The number of rotatable bonds is 5. The molecule has 2 heterocycles. The third-order valence-corrected chi connectivity index (χ3v) is 5.25. The maximum atomic E-state index is 12.4. The summed E-state index contributed by atoms with van der Waals surface area (Å²) in [6.45, 7) is 4.00. The van der Waals surface area contributed by atoms with E-state index in [9.17, 15) is 4.79 Å². The van der Waals surface area contributed by atoms with Crippen molar-refractivity contribution in [3.8, 4) is 17.0 Å². The van der Waals surface area contributed by atoms with Gasteiger partial charge in [0, 0.05) is 43.0 Å². The summed E-state index contributed by atoms with van der Waals surface area (Å²) in [6, 6.07) is 18.7. The molecular formula is C23H25N5O2. The minimum absolute atomic E-state index is 0.182. The van der Waals surface area contributed by atoms with Crippen molar-refractivity contribution in [3.63, 3.8) is 0 Å². The van der Waals surface area contributed by atoms with Crippen molar-refractivity contribution >= 4 is 17.4 Å². The zero-order valence-electron chi connectivity index (χ0n) is 17.2. The maximum absolute atomic E-state index is 12.4. The van der Waals surface area contributed by atoms with Crippen LogP contribution in [0.25, 0.3) is 11.3 Å². The van der Waals surface area contributed by atoms with Gasteiger partial charge in [0.25, 0.3) is 5.91 Å². The third kappa shape index (κ3) is 4.58. The maximum Gasteiger partial charge on any atom is 0.255 e. The molecule has 1 N–H and O–H groups in total. The summed E-state index contributed by atoms with van der Waals surface area (Å²) in [4.78, 5) is 17.0. The summed E-state index contributed by atoms with van der Waals surface area (Å²) in [5, 5.41) is 11.7. The van der Waals surface area contributed by atoms with Gasteiger partial charge >= 0.3 is 0 Å². The van der Waals surface area contributed by atoms with Gasteiger partial charge in [-0.15, -0.1) is 10.2 Å². The second-order valence-corrected chi connectivity index (χ2v) is 7.33. The lowest BCUT2D eigenvalue weighted by atomic mass is 10.1. The molecule has 0 atom stereocenters. The molecule has 0 aliphatic carbocycles. The molecule has 154 valence electrons. The molecule has 1 amide bonds. The van der Waals surface area contributed by atoms with Crippen LogP contribution in [0.15, 0.2) is 60.7 Å². The third-order valence-electron chi connectivity index (χ3n) is 5.25. The number of nitrogens with one attached hydrogen (secondary N) is 1. The fraction of sp³-hybridized carbons (Fsp3) is 0.261. The Bertz CT molecular complexity index is 997. The number of aromatic nitrogens is 2. The van der Waals surface area contributed by atoms with Crippen LogP contribution in [-0.4, -0.2) is 61.3 Å². The molecule has 1 aliphatic rings. The summed E-state index contributed by atoms with van der Waals surface area (Å²) >= 11 is 0. The highest BCUT2D eigenvalue weighted by molar-refractivity contribution is 6.04. The van der Waals surface area contributed by atoms with E-state index in [2.05, 4.69) is 32.4 Å². The fourth-order valence-electron chi connectivity index (χ4n) is 3.38. The molecule has 1 aliphatic heterocycles. The van der Waals surface area contributed by atoms with Gasteiger partial charge in [-0.2, -0.15) is 0 Å². The molecule has 1 saturated heterocycles. The Morgan fingerprint density at radius 1 is 0.967 bits per heavy atom. The van der Waals surface area contributed by atoms with Gasteiger partial charge in [-0.05, 0) is 49.5 Å².